The van der Waals surface area contributed by atoms with Crippen LogP contribution in [0.3, 0.4) is 0 Å². The molecule has 3 rings (SSSR count). The zero-order valence-electron chi connectivity index (χ0n) is 13.5. The zero-order chi connectivity index (χ0) is 18.7. The molecule has 2 aromatic carbocycles. The summed E-state index contributed by atoms with van der Waals surface area (Å²) in [7, 11) is 0. The van der Waals surface area contributed by atoms with E-state index in [4.69, 9.17) is 9.47 Å². The first-order valence-electron chi connectivity index (χ1n) is 7.88. The second-order valence-electron chi connectivity index (χ2n) is 5.67. The number of benzene rings is 2. The first kappa shape index (κ1) is 18.1. The number of alkyl halides is 3. The van der Waals surface area contributed by atoms with E-state index in [2.05, 4.69) is 5.32 Å². The summed E-state index contributed by atoms with van der Waals surface area (Å²) in [6, 6.07) is 9.30. The SMILES string of the molecule is O=C(NC[C@H](O)c1ccccc1C(F)(F)F)c1ccc2c(c1)OCCO2. The highest BCUT2D eigenvalue weighted by Gasteiger charge is 2.34. The van der Waals surface area contributed by atoms with Crippen LogP contribution in [-0.4, -0.2) is 30.8 Å². The summed E-state index contributed by atoms with van der Waals surface area (Å²) in [6.07, 6.45) is -6.08. The predicted octanol–water partition coefficient (Wildman–Crippen LogP) is 2.94. The largest absolute Gasteiger partial charge is 0.486 e. The van der Waals surface area contributed by atoms with Gasteiger partial charge in [-0.25, -0.2) is 0 Å². The zero-order valence-corrected chi connectivity index (χ0v) is 13.5. The molecule has 1 amide bonds. The second kappa shape index (κ2) is 7.25. The Morgan fingerprint density at radius 3 is 2.54 bits per heavy atom. The maximum absolute atomic E-state index is 13.0. The van der Waals surface area contributed by atoms with Gasteiger partial charge in [0.25, 0.3) is 5.91 Å². The third-order valence-electron chi connectivity index (χ3n) is 3.89. The lowest BCUT2D eigenvalue weighted by Gasteiger charge is -2.19. The van der Waals surface area contributed by atoms with Crippen molar-refractivity contribution in [3.05, 3.63) is 59.2 Å². The normalized spacial score (nSPS) is 14.6. The molecule has 8 heteroatoms. The molecule has 138 valence electrons. The molecule has 0 aromatic heterocycles. The lowest BCUT2D eigenvalue weighted by molar-refractivity contribution is -0.139. The molecular formula is C18H16F3NO4. The maximum atomic E-state index is 13.0. The van der Waals surface area contributed by atoms with Crippen molar-refractivity contribution >= 4 is 5.91 Å². The van der Waals surface area contributed by atoms with Gasteiger partial charge in [0.05, 0.1) is 11.7 Å². The molecule has 0 fully saturated rings. The molecule has 1 atom stereocenters. The van der Waals surface area contributed by atoms with Crippen LogP contribution in [0.15, 0.2) is 42.5 Å². The Kier molecular flexibility index (Phi) is 5.03. The van der Waals surface area contributed by atoms with Gasteiger partial charge >= 0.3 is 6.18 Å². The lowest BCUT2D eigenvalue weighted by atomic mass is 10.0. The summed E-state index contributed by atoms with van der Waals surface area (Å²) in [5.41, 5.74) is -0.964. The van der Waals surface area contributed by atoms with Crippen molar-refractivity contribution < 1.29 is 32.5 Å². The summed E-state index contributed by atoms with van der Waals surface area (Å²) in [5.74, 6) is 0.407. The molecular weight excluding hydrogens is 351 g/mol. The number of rotatable bonds is 4. The number of aliphatic hydroxyl groups excluding tert-OH is 1. The predicted molar refractivity (Wildman–Crippen MR) is 86.2 cm³/mol. The molecule has 0 spiro atoms. The summed E-state index contributed by atoms with van der Waals surface area (Å²) < 4.78 is 49.8. The average molecular weight is 367 g/mol. The highest BCUT2D eigenvalue weighted by molar-refractivity contribution is 5.94. The fraction of sp³-hybridized carbons (Fsp3) is 0.278. The number of hydrogen-bond acceptors (Lipinski definition) is 4. The fourth-order valence-electron chi connectivity index (χ4n) is 2.63. The second-order valence-corrected chi connectivity index (χ2v) is 5.67. The van der Waals surface area contributed by atoms with Crippen molar-refractivity contribution in [2.75, 3.05) is 19.8 Å². The third-order valence-corrected chi connectivity index (χ3v) is 3.89. The minimum Gasteiger partial charge on any atom is -0.486 e. The summed E-state index contributed by atoms with van der Waals surface area (Å²) in [6.45, 7) is 0.425. The number of aliphatic hydroxyl groups is 1. The molecule has 26 heavy (non-hydrogen) atoms. The number of ether oxygens (including phenoxy) is 2. The third kappa shape index (κ3) is 3.91. The highest BCUT2D eigenvalue weighted by atomic mass is 19.4. The van der Waals surface area contributed by atoms with Crippen molar-refractivity contribution in [2.24, 2.45) is 0 Å². The summed E-state index contributed by atoms with van der Waals surface area (Å²) >= 11 is 0. The number of hydrogen-bond donors (Lipinski definition) is 2. The monoisotopic (exact) mass is 367 g/mol. The lowest BCUT2D eigenvalue weighted by Crippen LogP contribution is -2.29. The van der Waals surface area contributed by atoms with E-state index in [1.54, 1.807) is 6.07 Å². The first-order chi connectivity index (χ1) is 12.4. The van der Waals surface area contributed by atoms with Crippen LogP contribution >= 0.6 is 0 Å². The van der Waals surface area contributed by atoms with E-state index in [0.29, 0.717) is 24.7 Å². The molecule has 0 saturated heterocycles. The molecule has 2 aromatic rings. The van der Waals surface area contributed by atoms with Crippen molar-refractivity contribution in [3.8, 4) is 11.5 Å². The van der Waals surface area contributed by atoms with E-state index in [9.17, 15) is 23.1 Å². The Morgan fingerprint density at radius 1 is 1.12 bits per heavy atom. The standard InChI is InChI=1S/C18H16F3NO4/c19-18(20,21)13-4-2-1-3-12(13)14(23)10-22-17(24)11-5-6-15-16(9-11)26-8-7-25-15/h1-6,9,14,23H,7-8,10H2,(H,22,24)/t14-/m0/s1. The van der Waals surface area contributed by atoms with Gasteiger partial charge < -0.3 is 19.9 Å². The number of amides is 1. The van der Waals surface area contributed by atoms with Gasteiger partial charge in [-0.15, -0.1) is 0 Å². The van der Waals surface area contributed by atoms with Crippen LogP contribution in [0.1, 0.15) is 27.6 Å². The van der Waals surface area contributed by atoms with E-state index < -0.39 is 23.8 Å². The van der Waals surface area contributed by atoms with Gasteiger partial charge in [-0.2, -0.15) is 13.2 Å². The van der Waals surface area contributed by atoms with Crippen LogP contribution in [0.25, 0.3) is 0 Å². The van der Waals surface area contributed by atoms with Gasteiger partial charge in [-0.1, -0.05) is 18.2 Å². The van der Waals surface area contributed by atoms with Crippen molar-refractivity contribution in [1.29, 1.82) is 0 Å². The van der Waals surface area contributed by atoms with E-state index >= 15 is 0 Å². The Balaban J connectivity index is 1.68. The summed E-state index contributed by atoms with van der Waals surface area (Å²) in [5, 5.41) is 12.5. The van der Waals surface area contributed by atoms with Crippen LogP contribution < -0.4 is 14.8 Å². The van der Waals surface area contributed by atoms with Gasteiger partial charge in [0.2, 0.25) is 0 Å². The Hall–Kier alpha value is -2.74. The molecule has 0 unspecified atom stereocenters. The number of fused-ring (bicyclic) bond motifs is 1. The van der Waals surface area contributed by atoms with Crippen molar-refractivity contribution in [3.63, 3.8) is 0 Å². The van der Waals surface area contributed by atoms with Gasteiger partial charge in [0.15, 0.2) is 11.5 Å². The topological polar surface area (TPSA) is 67.8 Å². The molecule has 0 saturated carbocycles. The van der Waals surface area contributed by atoms with Gasteiger partial charge in [-0.05, 0) is 29.8 Å². The molecule has 0 bridgehead atoms. The smallest absolute Gasteiger partial charge is 0.416 e. The molecule has 0 radical (unpaired) electrons. The molecule has 5 nitrogen and oxygen atoms in total. The van der Waals surface area contributed by atoms with E-state index in [1.165, 1.54) is 30.3 Å². The number of nitrogens with one attached hydrogen (secondary N) is 1. The average Bonchev–Trinajstić information content (AvgIpc) is 2.64. The molecule has 1 aliphatic rings. The van der Waals surface area contributed by atoms with E-state index in [-0.39, 0.29) is 17.7 Å². The molecule has 0 aliphatic carbocycles. The summed E-state index contributed by atoms with van der Waals surface area (Å²) in [4.78, 5) is 12.2. The van der Waals surface area contributed by atoms with Crippen LogP contribution in [0.5, 0.6) is 11.5 Å². The van der Waals surface area contributed by atoms with Gasteiger partial charge in [0, 0.05) is 12.1 Å². The van der Waals surface area contributed by atoms with Crippen LogP contribution in [0.4, 0.5) is 13.2 Å². The quantitative estimate of drug-likeness (QED) is 0.872. The van der Waals surface area contributed by atoms with Crippen LogP contribution in [0.2, 0.25) is 0 Å². The Bertz CT molecular complexity index is 807. The van der Waals surface area contributed by atoms with Crippen LogP contribution in [0, 0.1) is 0 Å². The van der Waals surface area contributed by atoms with Crippen molar-refractivity contribution in [1.82, 2.24) is 5.32 Å². The first-order valence-corrected chi connectivity index (χ1v) is 7.88. The minimum atomic E-state index is -4.59. The number of carbonyl (C=O) groups excluding carboxylic acids is 1. The highest BCUT2D eigenvalue weighted by Crippen LogP contribution is 2.34. The minimum absolute atomic E-state index is 0.255. The molecule has 1 heterocycles. The maximum Gasteiger partial charge on any atom is 0.416 e. The Morgan fingerprint density at radius 2 is 1.81 bits per heavy atom. The number of halogens is 3. The van der Waals surface area contributed by atoms with Gasteiger partial charge in [0.1, 0.15) is 13.2 Å². The molecule has 2 N–H and O–H groups in total. The van der Waals surface area contributed by atoms with E-state index in [0.717, 1.165) is 6.07 Å². The van der Waals surface area contributed by atoms with Gasteiger partial charge in [-0.3, -0.25) is 4.79 Å². The van der Waals surface area contributed by atoms with E-state index in [1.807, 2.05) is 0 Å². The molecule has 1 aliphatic heterocycles. The van der Waals surface area contributed by atoms with Crippen LogP contribution in [-0.2, 0) is 6.18 Å². The fourth-order valence-corrected chi connectivity index (χ4v) is 2.63. The van der Waals surface area contributed by atoms with Crippen molar-refractivity contribution in [2.45, 2.75) is 12.3 Å². The number of carbonyl (C=O) groups is 1. The Labute approximate surface area is 147 Å².